The summed E-state index contributed by atoms with van der Waals surface area (Å²) in [6.07, 6.45) is 14.7. The molecule has 1 saturated heterocycles. The second-order valence-corrected chi connectivity index (χ2v) is 15.8. The smallest absolute Gasteiger partial charge is 0.445 e. The average molecular weight is 988 g/mol. The Hall–Kier alpha value is -2.04. The Kier molecular flexibility index (Phi) is 33.6. The molecule has 1 aromatic rings. The Morgan fingerprint density at radius 3 is 1.55 bits per heavy atom. The van der Waals surface area contributed by atoms with Gasteiger partial charge in [0.1, 0.15) is 6.61 Å². The standard InChI is InChI=1S/C41H65BN3O14S.C5H5.Fe/c1-40(2)41(3,4)59-42(58-40)36-8-6-5-7-34(36)32-57-39(48)45-35-10-9-33(29-35)30-43-38(47)31-44-37(46)11-12-49-13-14-50-15-16-51-17-18-52-19-20-53-21-22-54-23-24-55-25-26-56-27-28-60;1-2-4-5-3-1;/h5-10,29,60H,11-28,30-32H2,1-4H3,(H,43,47)(H,44,46)(H,45,48);1-5H;/q;;+2. The minimum absolute atomic E-state index is 0. The van der Waals surface area contributed by atoms with Gasteiger partial charge in [-0.05, 0) is 90.1 Å². The van der Waals surface area contributed by atoms with Crippen LogP contribution < -0.4 is 21.4 Å². The van der Waals surface area contributed by atoms with E-state index < -0.39 is 24.4 Å². The van der Waals surface area contributed by atoms with E-state index in [1.54, 1.807) is 19.3 Å². The largest absolute Gasteiger partial charge is 2.00 e. The first-order valence-electron chi connectivity index (χ1n) is 22.1. The van der Waals surface area contributed by atoms with Gasteiger partial charge in [0.05, 0.1) is 129 Å². The fourth-order valence-corrected chi connectivity index (χ4v) is 5.69. The number of carbonyl (C=O) groups is 3. The predicted octanol–water partition coefficient (Wildman–Crippen LogP) is 2.65. The number of thiol groups is 1. The molecule has 2 aliphatic carbocycles. The number of ether oxygens (including phenoxy) is 9. The van der Waals surface area contributed by atoms with E-state index in [9.17, 15) is 14.4 Å². The van der Waals surface area contributed by atoms with Crippen LogP contribution in [0.2, 0.25) is 0 Å². The molecule has 10 radical (unpaired) electrons. The minimum atomic E-state index is -0.625. The number of benzene rings is 1. The predicted molar refractivity (Wildman–Crippen MR) is 247 cm³/mol. The molecule has 0 aromatic heterocycles. The molecule has 1 heterocycles. The summed E-state index contributed by atoms with van der Waals surface area (Å²) in [5.41, 5.74) is 0.585. The van der Waals surface area contributed by atoms with Gasteiger partial charge in [0.2, 0.25) is 11.8 Å². The van der Waals surface area contributed by atoms with Gasteiger partial charge in [-0.2, -0.15) is 12.6 Å². The Labute approximate surface area is 410 Å². The molecule has 3 aliphatic rings. The van der Waals surface area contributed by atoms with E-state index in [0.29, 0.717) is 111 Å². The van der Waals surface area contributed by atoms with E-state index in [1.807, 2.05) is 84.1 Å². The zero-order valence-electron chi connectivity index (χ0n) is 38.9. The molecule has 3 fully saturated rings. The van der Waals surface area contributed by atoms with Gasteiger partial charge < -0.3 is 67.9 Å². The molecule has 1 aromatic carbocycles. The molecular formula is C46H70BFeN3O14S+2. The van der Waals surface area contributed by atoms with Crippen LogP contribution >= 0.6 is 12.6 Å². The molecule has 0 bridgehead atoms. The number of alkyl carbamates (subject to hydrolysis) is 1. The quantitative estimate of drug-likeness (QED) is 0.0449. The van der Waals surface area contributed by atoms with Crippen molar-refractivity contribution in [2.45, 2.75) is 51.9 Å². The van der Waals surface area contributed by atoms with Gasteiger partial charge in [-0.15, -0.1) is 0 Å². The van der Waals surface area contributed by atoms with Gasteiger partial charge in [-0.3, -0.25) is 9.59 Å². The molecule has 66 heavy (non-hydrogen) atoms. The molecular weight excluding hydrogens is 917 g/mol. The van der Waals surface area contributed by atoms with Gasteiger partial charge in [-0.1, -0.05) is 24.3 Å². The van der Waals surface area contributed by atoms with Gasteiger partial charge in [-0.25, -0.2) is 4.79 Å². The summed E-state index contributed by atoms with van der Waals surface area (Å²) in [7, 11) is -0.577. The van der Waals surface area contributed by atoms with E-state index in [2.05, 4.69) is 28.6 Å². The van der Waals surface area contributed by atoms with Gasteiger partial charge in [0, 0.05) is 24.6 Å². The number of amides is 3. The van der Waals surface area contributed by atoms with Crippen LogP contribution in [0.4, 0.5) is 4.79 Å². The third-order valence-corrected chi connectivity index (χ3v) is 9.97. The third-order valence-electron chi connectivity index (χ3n) is 9.79. The molecule has 17 nitrogen and oxygen atoms in total. The molecule has 0 atom stereocenters. The summed E-state index contributed by atoms with van der Waals surface area (Å²) < 4.78 is 61.2. The Bertz CT molecular complexity index is 1410. The summed E-state index contributed by atoms with van der Waals surface area (Å²) in [6, 6.07) is 8.05. The summed E-state index contributed by atoms with van der Waals surface area (Å²) in [6.45, 7) is 15.3. The number of nitrogens with one attached hydrogen (secondary N) is 3. The van der Waals surface area contributed by atoms with Crippen molar-refractivity contribution >= 4 is 43.1 Å². The molecule has 3 N–H and O–H groups in total. The van der Waals surface area contributed by atoms with Crippen LogP contribution in [0.15, 0.2) is 24.3 Å². The molecule has 1 aliphatic heterocycles. The van der Waals surface area contributed by atoms with Crippen molar-refractivity contribution in [1.82, 2.24) is 16.0 Å². The fraction of sp³-hybridized carbons (Fsp3) is 0.587. The van der Waals surface area contributed by atoms with Crippen LogP contribution in [0.25, 0.3) is 0 Å². The summed E-state index contributed by atoms with van der Waals surface area (Å²) in [4.78, 5) is 37.0. The monoisotopic (exact) mass is 987 g/mol. The van der Waals surface area contributed by atoms with Crippen LogP contribution in [-0.4, -0.2) is 161 Å². The third kappa shape index (κ3) is 27.2. The van der Waals surface area contributed by atoms with E-state index in [0.717, 1.165) is 16.9 Å². The van der Waals surface area contributed by atoms with Crippen molar-refractivity contribution in [3.63, 3.8) is 0 Å². The van der Waals surface area contributed by atoms with Crippen molar-refractivity contribution in [2.24, 2.45) is 0 Å². The SMILES string of the molecule is CC1(C)OB(c2ccccc2COC(=O)N[C]2[CH][CH][C](CNC(=O)CNC(=O)CCOCCOCCOCCOCCOCCOCCOCCOCCS)[CH]2)OC1(C)C.[CH]1[CH][CH][CH][CH]1.[Fe+2]. The van der Waals surface area contributed by atoms with Gasteiger partial charge in [0.15, 0.2) is 0 Å². The maximum Gasteiger partial charge on any atom is 2.00 e. The topological polar surface area (TPSA) is 189 Å². The molecule has 0 unspecified atom stereocenters. The maximum absolute atomic E-state index is 12.6. The maximum atomic E-state index is 12.6. The molecule has 4 rings (SSSR count). The van der Waals surface area contributed by atoms with Crippen molar-refractivity contribution < 1.29 is 83.4 Å². The molecule has 2 saturated carbocycles. The average Bonchev–Trinajstić information content (AvgIpc) is 4.06. The van der Waals surface area contributed by atoms with Gasteiger partial charge >= 0.3 is 30.3 Å². The van der Waals surface area contributed by atoms with E-state index in [4.69, 9.17) is 51.9 Å². The molecule has 0 spiro atoms. The normalized spacial score (nSPS) is 16.7. The fourth-order valence-electron chi connectivity index (χ4n) is 5.57. The molecule has 3 amide bonds. The second-order valence-electron chi connectivity index (χ2n) is 15.4. The zero-order chi connectivity index (χ0) is 46.9. The molecule has 368 valence electrons. The zero-order valence-corrected chi connectivity index (χ0v) is 40.9. The Balaban J connectivity index is 0.00000233. The van der Waals surface area contributed by atoms with Crippen molar-refractivity contribution in [2.75, 3.05) is 125 Å². The van der Waals surface area contributed by atoms with Crippen molar-refractivity contribution in [3.05, 3.63) is 93.2 Å². The Morgan fingerprint density at radius 1 is 0.606 bits per heavy atom. The first kappa shape index (κ1) is 60.1. The first-order valence-corrected chi connectivity index (χ1v) is 22.7. The summed E-state index contributed by atoms with van der Waals surface area (Å²) in [5, 5.41) is 8.03. The van der Waals surface area contributed by atoms with Gasteiger partial charge in [0.25, 0.3) is 0 Å². The van der Waals surface area contributed by atoms with Crippen molar-refractivity contribution in [3.8, 4) is 0 Å². The van der Waals surface area contributed by atoms with Crippen molar-refractivity contribution in [1.29, 1.82) is 0 Å². The molecule has 20 heteroatoms. The number of hydrogen-bond acceptors (Lipinski definition) is 15. The van der Waals surface area contributed by atoms with Crippen LogP contribution in [0.1, 0.15) is 39.7 Å². The van der Waals surface area contributed by atoms with E-state index in [1.165, 1.54) is 0 Å². The van der Waals surface area contributed by atoms with Crippen LogP contribution in [0, 0.1) is 63.3 Å². The minimum Gasteiger partial charge on any atom is -0.445 e. The number of rotatable bonds is 34. The number of hydrogen-bond donors (Lipinski definition) is 4. The first-order chi connectivity index (χ1) is 31.5. The number of carbonyl (C=O) groups excluding carboxylic acids is 3. The second kappa shape index (κ2) is 36.9. The van der Waals surface area contributed by atoms with E-state index in [-0.39, 0.29) is 61.6 Å². The van der Waals surface area contributed by atoms with Crippen LogP contribution in [0.3, 0.4) is 0 Å². The van der Waals surface area contributed by atoms with E-state index >= 15 is 0 Å². The Morgan fingerprint density at radius 2 is 1.06 bits per heavy atom. The van der Waals surface area contributed by atoms with Crippen LogP contribution in [-0.2, 0) is 85.2 Å². The summed E-state index contributed by atoms with van der Waals surface area (Å²) in [5.74, 6) is 0.810. The van der Waals surface area contributed by atoms with Crippen LogP contribution in [0.5, 0.6) is 0 Å². The summed E-state index contributed by atoms with van der Waals surface area (Å²) >= 11 is 4.07.